The lowest BCUT2D eigenvalue weighted by Crippen LogP contribution is -2.30. The first-order valence-corrected chi connectivity index (χ1v) is 10.7. The molecule has 28 heavy (non-hydrogen) atoms. The second-order valence-corrected chi connectivity index (χ2v) is 8.98. The maximum absolute atomic E-state index is 4.43. The minimum Gasteiger partial charge on any atom is -0.367 e. The van der Waals surface area contributed by atoms with Gasteiger partial charge in [-0.3, -0.25) is 0 Å². The Labute approximate surface area is 173 Å². The van der Waals surface area contributed by atoms with Gasteiger partial charge >= 0.3 is 0 Å². The standard InChI is InChI=1S/C27H39N/c1-10-24(27(8,9)11-2)17-22(6)23(7)28-15-14-21(5)26(18-28)25-16-19(3)12-13-20(25)4/h12-13,16-17H,6-7,10-11,14-15,18H2,1-5,8-9H3/b24-17+. The topological polar surface area (TPSA) is 3.24 Å². The average Bonchev–Trinajstić information content (AvgIpc) is 2.67. The molecule has 2 rings (SSSR count). The van der Waals surface area contributed by atoms with E-state index in [1.54, 1.807) is 0 Å². The van der Waals surface area contributed by atoms with Gasteiger partial charge in [-0.2, -0.15) is 0 Å². The molecule has 1 heterocycles. The molecule has 1 aliphatic heterocycles. The van der Waals surface area contributed by atoms with E-state index in [0.717, 1.165) is 43.6 Å². The van der Waals surface area contributed by atoms with Gasteiger partial charge in [0.15, 0.2) is 0 Å². The average molecular weight is 378 g/mol. The van der Waals surface area contributed by atoms with E-state index in [0.29, 0.717) is 0 Å². The van der Waals surface area contributed by atoms with Crippen molar-refractivity contribution in [2.45, 2.75) is 67.7 Å². The van der Waals surface area contributed by atoms with Crippen molar-refractivity contribution in [1.29, 1.82) is 0 Å². The fourth-order valence-corrected chi connectivity index (χ4v) is 3.96. The van der Waals surface area contributed by atoms with Gasteiger partial charge in [-0.1, -0.05) is 81.8 Å². The van der Waals surface area contributed by atoms with Crippen LogP contribution in [0.1, 0.15) is 70.6 Å². The Morgan fingerprint density at radius 3 is 2.43 bits per heavy atom. The van der Waals surface area contributed by atoms with Gasteiger partial charge in [0, 0.05) is 18.8 Å². The molecule has 1 aromatic carbocycles. The molecule has 0 atom stereocenters. The maximum Gasteiger partial charge on any atom is 0.0435 e. The van der Waals surface area contributed by atoms with Crippen molar-refractivity contribution < 1.29 is 0 Å². The van der Waals surface area contributed by atoms with E-state index in [2.05, 4.69) is 90.8 Å². The van der Waals surface area contributed by atoms with Crippen LogP contribution < -0.4 is 0 Å². The van der Waals surface area contributed by atoms with E-state index < -0.39 is 0 Å². The van der Waals surface area contributed by atoms with Gasteiger partial charge in [-0.25, -0.2) is 0 Å². The number of hydrogen-bond donors (Lipinski definition) is 0. The van der Waals surface area contributed by atoms with Crippen LogP contribution in [-0.4, -0.2) is 18.0 Å². The minimum atomic E-state index is 0.209. The summed E-state index contributed by atoms with van der Waals surface area (Å²) in [5.41, 5.74) is 10.8. The van der Waals surface area contributed by atoms with Crippen LogP contribution in [0.15, 0.2) is 59.8 Å². The largest absolute Gasteiger partial charge is 0.367 e. The summed E-state index contributed by atoms with van der Waals surface area (Å²) in [5.74, 6) is 0. The molecule has 0 saturated carbocycles. The highest BCUT2D eigenvalue weighted by atomic mass is 15.1. The SMILES string of the molecule is C=C(/C=C(\CC)C(C)(C)CC)C(=C)N1CCC(C)=C(c2cc(C)ccc2C)C1. The van der Waals surface area contributed by atoms with Crippen LogP contribution in [0.2, 0.25) is 0 Å². The molecule has 0 N–H and O–H groups in total. The zero-order valence-electron chi connectivity index (χ0n) is 19.2. The number of aryl methyl sites for hydroxylation is 2. The van der Waals surface area contributed by atoms with Crippen molar-refractivity contribution in [3.05, 3.63) is 76.5 Å². The first-order valence-electron chi connectivity index (χ1n) is 10.7. The van der Waals surface area contributed by atoms with Gasteiger partial charge in [0.25, 0.3) is 0 Å². The third-order valence-corrected chi connectivity index (χ3v) is 6.57. The van der Waals surface area contributed by atoms with Crippen LogP contribution >= 0.6 is 0 Å². The smallest absolute Gasteiger partial charge is 0.0435 e. The van der Waals surface area contributed by atoms with Crippen molar-refractivity contribution in [1.82, 2.24) is 4.90 Å². The van der Waals surface area contributed by atoms with Crippen molar-refractivity contribution in [2.24, 2.45) is 5.41 Å². The third kappa shape index (κ3) is 4.87. The van der Waals surface area contributed by atoms with Gasteiger partial charge in [0.1, 0.15) is 0 Å². The van der Waals surface area contributed by atoms with Crippen LogP contribution in [0.25, 0.3) is 5.57 Å². The van der Waals surface area contributed by atoms with Crippen molar-refractivity contribution in [2.75, 3.05) is 13.1 Å². The Balaban J connectivity index is 2.26. The predicted molar refractivity (Wildman–Crippen MR) is 125 cm³/mol. The molecule has 152 valence electrons. The lowest BCUT2D eigenvalue weighted by Gasteiger charge is -2.35. The Hall–Kier alpha value is -2.02. The number of nitrogens with zero attached hydrogens (tertiary/aromatic N) is 1. The molecule has 1 heteroatoms. The molecule has 1 aromatic rings. The summed E-state index contributed by atoms with van der Waals surface area (Å²) >= 11 is 0. The quantitative estimate of drug-likeness (QED) is 0.442. The summed E-state index contributed by atoms with van der Waals surface area (Å²) in [7, 11) is 0. The highest BCUT2D eigenvalue weighted by molar-refractivity contribution is 5.73. The van der Waals surface area contributed by atoms with E-state index in [-0.39, 0.29) is 5.41 Å². The van der Waals surface area contributed by atoms with Crippen LogP contribution in [0.4, 0.5) is 0 Å². The summed E-state index contributed by atoms with van der Waals surface area (Å²) in [6, 6.07) is 6.76. The second-order valence-electron chi connectivity index (χ2n) is 8.98. The maximum atomic E-state index is 4.43. The van der Waals surface area contributed by atoms with Crippen molar-refractivity contribution in [3.63, 3.8) is 0 Å². The molecule has 0 fully saturated rings. The first-order chi connectivity index (χ1) is 13.1. The zero-order chi connectivity index (χ0) is 21.1. The third-order valence-electron chi connectivity index (χ3n) is 6.57. The van der Waals surface area contributed by atoms with Crippen LogP contribution in [-0.2, 0) is 0 Å². The summed E-state index contributed by atoms with van der Waals surface area (Å²) in [4.78, 5) is 2.41. The predicted octanol–water partition coefficient (Wildman–Crippen LogP) is 7.63. The summed E-state index contributed by atoms with van der Waals surface area (Å²) in [6.45, 7) is 26.6. The number of benzene rings is 1. The normalized spacial score (nSPS) is 15.8. The number of hydrogen-bond acceptors (Lipinski definition) is 1. The van der Waals surface area contributed by atoms with Gasteiger partial charge in [-0.15, -0.1) is 0 Å². The van der Waals surface area contributed by atoms with Gasteiger partial charge in [0.2, 0.25) is 0 Å². The monoisotopic (exact) mass is 377 g/mol. The van der Waals surface area contributed by atoms with E-state index >= 15 is 0 Å². The van der Waals surface area contributed by atoms with Gasteiger partial charge in [-0.05, 0) is 67.7 Å². The summed E-state index contributed by atoms with van der Waals surface area (Å²) in [6.07, 6.45) is 5.56. The molecule has 0 radical (unpaired) electrons. The van der Waals surface area contributed by atoms with E-state index in [4.69, 9.17) is 0 Å². The Bertz CT molecular complexity index is 817. The highest BCUT2D eigenvalue weighted by Gasteiger charge is 2.23. The Morgan fingerprint density at radius 2 is 1.82 bits per heavy atom. The minimum absolute atomic E-state index is 0.209. The first kappa shape index (κ1) is 22.3. The number of rotatable bonds is 7. The number of allylic oxidation sites excluding steroid dienone is 2. The highest BCUT2D eigenvalue weighted by Crippen LogP contribution is 2.35. The molecule has 0 aliphatic carbocycles. The molecule has 0 amide bonds. The lowest BCUT2D eigenvalue weighted by molar-refractivity contribution is 0.384. The second kappa shape index (κ2) is 8.99. The van der Waals surface area contributed by atoms with E-state index in [9.17, 15) is 0 Å². The summed E-state index contributed by atoms with van der Waals surface area (Å²) < 4.78 is 0. The molecule has 0 spiro atoms. The van der Waals surface area contributed by atoms with Crippen molar-refractivity contribution >= 4 is 5.57 Å². The molecule has 0 bridgehead atoms. The Morgan fingerprint density at radius 1 is 1.14 bits per heavy atom. The molecule has 0 aromatic heterocycles. The molecule has 0 saturated heterocycles. The molecule has 1 nitrogen and oxygen atoms in total. The van der Waals surface area contributed by atoms with Crippen LogP contribution in [0.5, 0.6) is 0 Å². The van der Waals surface area contributed by atoms with E-state index in [1.807, 2.05) is 0 Å². The van der Waals surface area contributed by atoms with Crippen LogP contribution in [0, 0.1) is 19.3 Å². The lowest BCUT2D eigenvalue weighted by atomic mass is 9.79. The molecule has 1 aliphatic rings. The molecular weight excluding hydrogens is 338 g/mol. The fourth-order valence-electron chi connectivity index (χ4n) is 3.96. The summed E-state index contributed by atoms with van der Waals surface area (Å²) in [5, 5.41) is 0. The molecule has 0 unspecified atom stereocenters. The van der Waals surface area contributed by atoms with Gasteiger partial charge in [0.05, 0.1) is 0 Å². The van der Waals surface area contributed by atoms with Crippen LogP contribution in [0.3, 0.4) is 0 Å². The zero-order valence-corrected chi connectivity index (χ0v) is 19.2. The molecular formula is C27H39N. The fraction of sp³-hybridized carbons (Fsp3) is 0.481. The van der Waals surface area contributed by atoms with Crippen molar-refractivity contribution in [3.8, 4) is 0 Å². The van der Waals surface area contributed by atoms with E-state index in [1.165, 1.54) is 33.4 Å². The van der Waals surface area contributed by atoms with Gasteiger partial charge < -0.3 is 4.90 Å². The Kier molecular flexibility index (Phi) is 7.15.